The van der Waals surface area contributed by atoms with E-state index in [2.05, 4.69) is 67.7 Å². The van der Waals surface area contributed by atoms with Crippen molar-refractivity contribution in [2.24, 2.45) is 0 Å². The van der Waals surface area contributed by atoms with Crippen LogP contribution < -0.4 is 0 Å². The molecule has 1 aliphatic rings. The summed E-state index contributed by atoms with van der Waals surface area (Å²) in [5, 5.41) is 0.433. The Bertz CT molecular complexity index is 559. The van der Waals surface area contributed by atoms with Crippen molar-refractivity contribution in [2.75, 3.05) is 0 Å². The molecular weight excluding hydrogens is 244 g/mol. The van der Waals surface area contributed by atoms with E-state index < -0.39 is 0 Å². The Balaban J connectivity index is 2.03. The van der Waals surface area contributed by atoms with E-state index in [0.29, 0.717) is 5.04 Å². The Morgan fingerprint density at radius 3 is 2.37 bits per heavy atom. The van der Waals surface area contributed by atoms with Crippen molar-refractivity contribution >= 4 is 8.80 Å². The highest BCUT2D eigenvalue weighted by Gasteiger charge is 2.41. The van der Waals surface area contributed by atoms with Gasteiger partial charge >= 0.3 is 0 Å². The number of fused-ring (bicyclic) bond motifs is 1. The lowest BCUT2D eigenvalue weighted by Crippen LogP contribution is -2.39. The first-order chi connectivity index (χ1) is 9.22. The molecule has 1 atom stereocenters. The number of benzene rings is 2. The second-order valence-corrected chi connectivity index (χ2v) is 8.86. The van der Waals surface area contributed by atoms with Crippen molar-refractivity contribution in [1.29, 1.82) is 0 Å². The number of aryl methyl sites for hydroxylation is 1. The fourth-order valence-electron chi connectivity index (χ4n) is 3.51. The van der Waals surface area contributed by atoms with E-state index in [9.17, 15) is 0 Å². The van der Waals surface area contributed by atoms with Crippen LogP contribution in [0.2, 0.25) is 13.1 Å². The number of rotatable bonds is 3. The van der Waals surface area contributed by atoms with Crippen LogP contribution in [0.4, 0.5) is 0 Å². The normalized spacial score (nSPS) is 21.6. The summed E-state index contributed by atoms with van der Waals surface area (Å²) in [6.07, 6.45) is 3.81. The minimum Gasteiger partial charge on any atom is -0.0705 e. The highest BCUT2D eigenvalue weighted by Crippen LogP contribution is 2.43. The maximum atomic E-state index is 2.48. The molecule has 0 heterocycles. The molecule has 97 valence electrons. The van der Waals surface area contributed by atoms with Gasteiger partial charge in [-0.1, -0.05) is 67.7 Å². The van der Waals surface area contributed by atoms with Gasteiger partial charge in [-0.05, 0) is 41.0 Å². The van der Waals surface area contributed by atoms with Crippen molar-refractivity contribution in [3.63, 3.8) is 0 Å². The number of hydrogen-bond acceptors (Lipinski definition) is 0. The van der Waals surface area contributed by atoms with E-state index in [1.54, 1.807) is 11.1 Å². The molecule has 0 aliphatic heterocycles. The first-order valence-electron chi connectivity index (χ1n) is 7.15. The van der Waals surface area contributed by atoms with Crippen molar-refractivity contribution in [2.45, 2.75) is 37.4 Å². The fraction of sp³-hybridized carbons (Fsp3) is 0.333. The van der Waals surface area contributed by atoms with Gasteiger partial charge < -0.3 is 0 Å². The zero-order chi connectivity index (χ0) is 13.3. The average molecular weight is 265 g/mol. The molecule has 0 aromatic heterocycles. The summed E-state index contributed by atoms with van der Waals surface area (Å²) in [4.78, 5) is 0. The molecule has 0 fully saturated rings. The molecule has 0 bridgehead atoms. The molecule has 0 amide bonds. The van der Waals surface area contributed by atoms with Gasteiger partial charge in [0.05, 0.1) is 8.80 Å². The molecular formula is C18H21Si. The van der Waals surface area contributed by atoms with Gasteiger partial charge in [-0.15, -0.1) is 0 Å². The van der Waals surface area contributed by atoms with Gasteiger partial charge in [0.1, 0.15) is 0 Å². The summed E-state index contributed by atoms with van der Waals surface area (Å²) in [5.74, 6) is 0. The predicted octanol–water partition coefficient (Wildman–Crippen LogP) is 4.41. The molecule has 1 unspecified atom stereocenters. The van der Waals surface area contributed by atoms with Crippen molar-refractivity contribution in [1.82, 2.24) is 0 Å². The van der Waals surface area contributed by atoms with E-state index >= 15 is 0 Å². The maximum Gasteiger partial charge on any atom is 0.0543 e. The van der Waals surface area contributed by atoms with Crippen LogP contribution in [0.3, 0.4) is 0 Å². The van der Waals surface area contributed by atoms with Gasteiger partial charge in [-0.3, -0.25) is 0 Å². The van der Waals surface area contributed by atoms with Gasteiger partial charge in [-0.25, -0.2) is 0 Å². The standard InChI is InChI=1S/C18H21Si/c1-19(2)18(14-15-8-4-3-5-9-15)13-12-16-10-6-7-11-17(16)18/h3-11H,12-14H2,1-2H3. The highest BCUT2D eigenvalue weighted by atomic mass is 28.3. The summed E-state index contributed by atoms with van der Waals surface area (Å²) in [7, 11) is -0.381. The third kappa shape index (κ3) is 2.16. The number of hydrogen-bond donors (Lipinski definition) is 0. The quantitative estimate of drug-likeness (QED) is 0.721. The van der Waals surface area contributed by atoms with Crippen molar-refractivity contribution in [3.05, 3.63) is 71.3 Å². The Labute approximate surface area is 118 Å². The summed E-state index contributed by atoms with van der Waals surface area (Å²) in [6.45, 7) is 4.96. The zero-order valence-corrected chi connectivity index (χ0v) is 12.8. The van der Waals surface area contributed by atoms with Gasteiger partial charge in [0.15, 0.2) is 0 Å². The SMILES string of the molecule is C[Si](C)C1(Cc2ccccc2)CCc2ccccc21. The Morgan fingerprint density at radius 1 is 0.947 bits per heavy atom. The third-order valence-electron chi connectivity index (χ3n) is 4.66. The van der Waals surface area contributed by atoms with Gasteiger partial charge in [0.2, 0.25) is 0 Å². The lowest BCUT2D eigenvalue weighted by atomic mass is 9.92. The lowest BCUT2D eigenvalue weighted by Gasteiger charge is -2.34. The molecule has 0 N–H and O–H groups in total. The molecule has 0 nitrogen and oxygen atoms in total. The highest BCUT2D eigenvalue weighted by molar-refractivity contribution is 6.59. The second kappa shape index (κ2) is 4.97. The van der Waals surface area contributed by atoms with Gasteiger partial charge in [0, 0.05) is 0 Å². The molecule has 0 saturated carbocycles. The van der Waals surface area contributed by atoms with Crippen LogP contribution in [0, 0.1) is 0 Å². The summed E-state index contributed by atoms with van der Waals surface area (Å²) >= 11 is 0. The lowest BCUT2D eigenvalue weighted by molar-refractivity contribution is 0.579. The average Bonchev–Trinajstić information content (AvgIpc) is 2.81. The second-order valence-electron chi connectivity index (χ2n) is 5.90. The van der Waals surface area contributed by atoms with E-state index in [0.717, 1.165) is 0 Å². The van der Waals surface area contributed by atoms with E-state index in [-0.39, 0.29) is 8.80 Å². The van der Waals surface area contributed by atoms with Crippen LogP contribution in [0.25, 0.3) is 0 Å². The fourth-order valence-corrected chi connectivity index (χ4v) is 5.48. The molecule has 2 aromatic carbocycles. The van der Waals surface area contributed by atoms with Crippen molar-refractivity contribution < 1.29 is 0 Å². The van der Waals surface area contributed by atoms with Crippen molar-refractivity contribution in [3.8, 4) is 0 Å². The summed E-state index contributed by atoms with van der Waals surface area (Å²) in [6, 6.07) is 20.1. The largest absolute Gasteiger partial charge is 0.0705 e. The molecule has 0 saturated heterocycles. The Hall–Kier alpha value is -1.34. The molecule has 0 spiro atoms. The van der Waals surface area contributed by atoms with Crippen LogP contribution >= 0.6 is 0 Å². The van der Waals surface area contributed by atoms with Crippen LogP contribution in [-0.2, 0) is 17.9 Å². The van der Waals surface area contributed by atoms with Crippen LogP contribution in [0.15, 0.2) is 54.6 Å². The Morgan fingerprint density at radius 2 is 1.63 bits per heavy atom. The smallest absolute Gasteiger partial charge is 0.0543 e. The van der Waals surface area contributed by atoms with Gasteiger partial charge in [0.25, 0.3) is 0 Å². The first-order valence-corrected chi connectivity index (χ1v) is 9.65. The molecule has 2 aromatic rings. The molecule has 3 rings (SSSR count). The third-order valence-corrected chi connectivity index (χ3v) is 7.27. The van der Waals surface area contributed by atoms with Crippen LogP contribution in [0.1, 0.15) is 23.1 Å². The molecule has 1 radical (unpaired) electrons. The van der Waals surface area contributed by atoms with Gasteiger partial charge in [-0.2, -0.15) is 0 Å². The first kappa shape index (κ1) is 12.7. The maximum absolute atomic E-state index is 2.48. The minimum absolute atomic E-state index is 0.381. The topological polar surface area (TPSA) is 0 Å². The Kier molecular flexibility index (Phi) is 3.32. The van der Waals surface area contributed by atoms with Crippen LogP contribution in [0.5, 0.6) is 0 Å². The van der Waals surface area contributed by atoms with E-state index in [1.807, 2.05) is 0 Å². The van der Waals surface area contributed by atoms with E-state index in [4.69, 9.17) is 0 Å². The zero-order valence-electron chi connectivity index (χ0n) is 11.8. The monoisotopic (exact) mass is 265 g/mol. The molecule has 19 heavy (non-hydrogen) atoms. The summed E-state index contributed by atoms with van der Waals surface area (Å²) in [5.41, 5.74) is 4.72. The summed E-state index contributed by atoms with van der Waals surface area (Å²) < 4.78 is 0. The molecule has 1 aliphatic carbocycles. The predicted molar refractivity (Wildman–Crippen MR) is 84.1 cm³/mol. The minimum atomic E-state index is -0.381. The van der Waals surface area contributed by atoms with E-state index in [1.165, 1.54) is 24.8 Å². The molecule has 1 heteroatoms. The van der Waals surface area contributed by atoms with Crippen LogP contribution in [-0.4, -0.2) is 8.80 Å².